The van der Waals surface area contributed by atoms with Gasteiger partial charge in [-0.1, -0.05) is 60.7 Å². The summed E-state index contributed by atoms with van der Waals surface area (Å²) in [5.74, 6) is 0.323. The van der Waals surface area contributed by atoms with Crippen LogP contribution < -0.4 is 5.73 Å². The van der Waals surface area contributed by atoms with Gasteiger partial charge in [-0.2, -0.15) is 14.9 Å². The number of nitrogen functional groups attached to an aromatic ring is 1. The van der Waals surface area contributed by atoms with Crippen LogP contribution in [0.2, 0.25) is 0 Å². The molecule has 2 N–H and O–H groups in total. The molecule has 0 fully saturated rings. The quantitative estimate of drug-likeness (QED) is 0.430. The van der Waals surface area contributed by atoms with Crippen molar-refractivity contribution in [1.29, 1.82) is 5.26 Å². The normalized spacial score (nSPS) is 10.8. The van der Waals surface area contributed by atoms with Crippen molar-refractivity contribution >= 4 is 23.2 Å². The van der Waals surface area contributed by atoms with Crippen LogP contribution in [0.1, 0.15) is 16.8 Å². The molecule has 5 nitrogen and oxygen atoms in total. The number of aromatic nitrogens is 3. The molecule has 0 atom stereocenters. The fraction of sp³-hybridized carbons (Fsp3) is 0.0952. The Morgan fingerprint density at radius 3 is 2.37 bits per heavy atom. The van der Waals surface area contributed by atoms with E-state index < -0.39 is 0 Å². The van der Waals surface area contributed by atoms with Crippen LogP contribution in [0, 0.1) is 11.3 Å². The maximum absolute atomic E-state index is 9.49. The van der Waals surface area contributed by atoms with E-state index >= 15 is 0 Å². The Hall–Kier alpha value is -3.30. The van der Waals surface area contributed by atoms with Crippen LogP contribution in [0.3, 0.4) is 0 Å². The molecule has 0 aliphatic rings. The summed E-state index contributed by atoms with van der Waals surface area (Å²) < 4.78 is 1.60. The predicted molar refractivity (Wildman–Crippen MR) is 109 cm³/mol. The average Bonchev–Trinajstić information content (AvgIpc) is 3.07. The Morgan fingerprint density at radius 2 is 1.74 bits per heavy atom. The van der Waals surface area contributed by atoms with Gasteiger partial charge in [-0.25, -0.2) is 4.98 Å². The van der Waals surface area contributed by atoms with Crippen molar-refractivity contribution in [3.8, 4) is 17.2 Å². The summed E-state index contributed by atoms with van der Waals surface area (Å²) in [6.07, 6.45) is 2.55. The van der Waals surface area contributed by atoms with E-state index in [1.54, 1.807) is 4.52 Å². The molecule has 0 saturated heterocycles. The lowest BCUT2D eigenvalue weighted by Crippen LogP contribution is -2.05. The fourth-order valence-electron chi connectivity index (χ4n) is 3.16. The molecule has 2 heterocycles. The first-order valence-corrected chi connectivity index (χ1v) is 9.70. The number of hydrogen-bond donors (Lipinski definition) is 1. The number of thioether (sulfide) groups is 1. The fourth-order valence-corrected chi connectivity index (χ4v) is 3.69. The summed E-state index contributed by atoms with van der Waals surface area (Å²) in [4.78, 5) is 4.72. The van der Waals surface area contributed by atoms with E-state index in [0.29, 0.717) is 28.5 Å². The Morgan fingerprint density at radius 1 is 1.07 bits per heavy atom. The van der Waals surface area contributed by atoms with E-state index in [9.17, 15) is 5.26 Å². The van der Waals surface area contributed by atoms with Gasteiger partial charge in [0.2, 0.25) is 0 Å². The second kappa shape index (κ2) is 7.14. The van der Waals surface area contributed by atoms with Crippen LogP contribution in [0.25, 0.3) is 16.8 Å². The van der Waals surface area contributed by atoms with Gasteiger partial charge in [0.15, 0.2) is 5.65 Å². The van der Waals surface area contributed by atoms with Gasteiger partial charge in [0, 0.05) is 6.42 Å². The highest BCUT2D eigenvalue weighted by atomic mass is 32.2. The molecule has 0 saturated carbocycles. The summed E-state index contributed by atoms with van der Waals surface area (Å²) in [6.45, 7) is 0. The summed E-state index contributed by atoms with van der Waals surface area (Å²) in [5.41, 5.74) is 11.3. The number of nitriles is 1. The minimum absolute atomic E-state index is 0.323. The molecule has 2 aromatic carbocycles. The molecule has 0 aliphatic carbocycles. The Kier molecular flexibility index (Phi) is 4.53. The van der Waals surface area contributed by atoms with Gasteiger partial charge in [-0.15, -0.1) is 11.8 Å². The summed E-state index contributed by atoms with van der Waals surface area (Å²) in [5, 5.41) is 14.8. The molecule has 4 aromatic rings. The van der Waals surface area contributed by atoms with Gasteiger partial charge in [0.05, 0.1) is 11.3 Å². The molecule has 0 amide bonds. The third kappa shape index (κ3) is 3.03. The van der Waals surface area contributed by atoms with Gasteiger partial charge >= 0.3 is 0 Å². The minimum atomic E-state index is 0.323. The standard InChI is InChI=1S/C21H17N5S/c1-27-21-16(13-22)19(23)26-20(24-21)18(15-10-6-3-7-11-15)17(25-26)12-14-8-4-2-5-9-14/h2-11H,12,23H2,1H3. The number of rotatable bonds is 4. The van der Waals surface area contributed by atoms with Crippen molar-refractivity contribution in [3.05, 3.63) is 77.5 Å². The van der Waals surface area contributed by atoms with Gasteiger partial charge in [0.1, 0.15) is 22.5 Å². The molecular formula is C21H17N5S. The molecule has 132 valence electrons. The van der Waals surface area contributed by atoms with Crippen LogP contribution in [0.5, 0.6) is 0 Å². The molecule has 0 bridgehead atoms. The first-order valence-electron chi connectivity index (χ1n) is 8.47. The van der Waals surface area contributed by atoms with Crippen molar-refractivity contribution in [2.45, 2.75) is 11.4 Å². The molecule has 2 aromatic heterocycles. The van der Waals surface area contributed by atoms with Crippen molar-refractivity contribution in [3.63, 3.8) is 0 Å². The lowest BCUT2D eigenvalue weighted by molar-refractivity contribution is 0.888. The maximum Gasteiger partial charge on any atom is 0.166 e. The maximum atomic E-state index is 9.49. The van der Waals surface area contributed by atoms with Crippen LogP contribution >= 0.6 is 11.8 Å². The molecule has 0 radical (unpaired) electrons. The molecule has 0 spiro atoms. The second-order valence-corrected chi connectivity index (χ2v) is 6.87. The Bertz CT molecular complexity index is 1140. The molecule has 0 aliphatic heterocycles. The number of anilines is 1. The minimum Gasteiger partial charge on any atom is -0.382 e. The Balaban J connectivity index is 2.02. The zero-order chi connectivity index (χ0) is 18.8. The molecule has 0 unspecified atom stereocenters. The van der Waals surface area contributed by atoms with E-state index in [1.807, 2.05) is 54.8 Å². The van der Waals surface area contributed by atoms with E-state index in [-0.39, 0.29) is 0 Å². The zero-order valence-corrected chi connectivity index (χ0v) is 15.6. The van der Waals surface area contributed by atoms with E-state index in [0.717, 1.165) is 22.4 Å². The first kappa shape index (κ1) is 17.1. The number of hydrogen-bond acceptors (Lipinski definition) is 5. The second-order valence-electron chi connectivity index (χ2n) is 6.08. The van der Waals surface area contributed by atoms with Crippen LogP contribution in [0.4, 0.5) is 5.82 Å². The number of nitrogens with zero attached hydrogens (tertiary/aromatic N) is 4. The highest BCUT2D eigenvalue weighted by Crippen LogP contribution is 2.33. The molecule has 27 heavy (non-hydrogen) atoms. The van der Waals surface area contributed by atoms with Crippen molar-refractivity contribution < 1.29 is 0 Å². The number of fused-ring (bicyclic) bond motifs is 1. The van der Waals surface area contributed by atoms with Crippen molar-refractivity contribution in [1.82, 2.24) is 14.6 Å². The third-order valence-electron chi connectivity index (χ3n) is 4.42. The first-order chi connectivity index (χ1) is 13.2. The summed E-state index contributed by atoms with van der Waals surface area (Å²) >= 11 is 1.41. The lowest BCUT2D eigenvalue weighted by atomic mass is 10.0. The number of nitrogens with two attached hydrogens (primary N) is 1. The van der Waals surface area contributed by atoms with E-state index in [1.165, 1.54) is 11.8 Å². The predicted octanol–water partition coefficient (Wildman–Crippen LogP) is 4.16. The van der Waals surface area contributed by atoms with E-state index in [4.69, 9.17) is 15.8 Å². The molecule has 6 heteroatoms. The number of benzene rings is 2. The third-order valence-corrected chi connectivity index (χ3v) is 5.10. The zero-order valence-electron chi connectivity index (χ0n) is 14.8. The summed E-state index contributed by atoms with van der Waals surface area (Å²) in [7, 11) is 0. The molecule has 4 rings (SSSR count). The lowest BCUT2D eigenvalue weighted by Gasteiger charge is -2.07. The van der Waals surface area contributed by atoms with Crippen LogP contribution in [-0.2, 0) is 6.42 Å². The molecular weight excluding hydrogens is 354 g/mol. The van der Waals surface area contributed by atoms with Crippen molar-refractivity contribution in [2.24, 2.45) is 0 Å². The Labute approximate surface area is 161 Å². The smallest absolute Gasteiger partial charge is 0.166 e. The van der Waals surface area contributed by atoms with Crippen LogP contribution in [0.15, 0.2) is 65.7 Å². The average molecular weight is 371 g/mol. The van der Waals surface area contributed by atoms with Crippen molar-refractivity contribution in [2.75, 3.05) is 12.0 Å². The topological polar surface area (TPSA) is 80.0 Å². The van der Waals surface area contributed by atoms with Gasteiger partial charge < -0.3 is 5.73 Å². The summed E-state index contributed by atoms with van der Waals surface area (Å²) in [6, 6.07) is 22.4. The van der Waals surface area contributed by atoms with E-state index in [2.05, 4.69) is 18.2 Å². The monoisotopic (exact) mass is 371 g/mol. The highest BCUT2D eigenvalue weighted by Gasteiger charge is 2.21. The van der Waals surface area contributed by atoms with Crippen LogP contribution in [-0.4, -0.2) is 20.9 Å². The largest absolute Gasteiger partial charge is 0.382 e. The SMILES string of the molecule is CSc1nc2c(-c3ccccc3)c(Cc3ccccc3)nn2c(N)c1C#N. The highest BCUT2D eigenvalue weighted by molar-refractivity contribution is 7.98. The van der Waals surface area contributed by atoms with Gasteiger partial charge in [-0.05, 0) is 17.4 Å². The van der Waals surface area contributed by atoms with Gasteiger partial charge in [0.25, 0.3) is 0 Å². The van der Waals surface area contributed by atoms with Gasteiger partial charge in [-0.3, -0.25) is 0 Å².